The van der Waals surface area contributed by atoms with Crippen LogP contribution in [0.3, 0.4) is 0 Å². The normalized spacial score (nSPS) is 24.0. The van der Waals surface area contributed by atoms with Crippen LogP contribution in [0.15, 0.2) is 36.4 Å². The zero-order valence-electron chi connectivity index (χ0n) is 17.1. The fourth-order valence-corrected chi connectivity index (χ4v) is 5.53. The number of likely N-dealkylation sites (tertiary alicyclic amines) is 1. The molecule has 2 saturated heterocycles. The highest BCUT2D eigenvalue weighted by atomic mass is 32.1. The number of nitrogens with zero attached hydrogens (tertiary/aromatic N) is 2. The van der Waals surface area contributed by atoms with Crippen molar-refractivity contribution in [1.29, 1.82) is 0 Å². The number of piperidine rings is 1. The van der Waals surface area contributed by atoms with Crippen LogP contribution in [0.5, 0.6) is 0 Å². The lowest BCUT2D eigenvalue weighted by Gasteiger charge is -2.39. The number of benzene rings is 1. The van der Waals surface area contributed by atoms with Gasteiger partial charge >= 0.3 is 0 Å². The largest absolute Gasteiger partial charge is 0.373 e. The molecule has 4 nitrogen and oxygen atoms in total. The number of amides is 1. The van der Waals surface area contributed by atoms with Crippen LogP contribution in [0, 0.1) is 11.7 Å². The number of morpholine rings is 1. The van der Waals surface area contributed by atoms with Crippen molar-refractivity contribution in [2.75, 3.05) is 32.7 Å². The van der Waals surface area contributed by atoms with Crippen LogP contribution in [0.25, 0.3) is 10.4 Å². The van der Waals surface area contributed by atoms with Crippen molar-refractivity contribution in [2.24, 2.45) is 5.92 Å². The zero-order chi connectivity index (χ0) is 20.4. The maximum absolute atomic E-state index is 14.0. The number of hydrogen-bond donors (Lipinski definition) is 0. The smallest absolute Gasteiger partial charge is 0.263 e. The second kappa shape index (κ2) is 8.94. The molecule has 1 amide bonds. The average molecular weight is 417 g/mol. The summed E-state index contributed by atoms with van der Waals surface area (Å²) in [5.41, 5.74) is 0.559. The van der Waals surface area contributed by atoms with E-state index in [9.17, 15) is 9.18 Å². The Balaban J connectivity index is 1.32. The molecule has 1 aromatic carbocycles. The monoisotopic (exact) mass is 416 g/mol. The maximum Gasteiger partial charge on any atom is 0.263 e. The molecule has 3 heterocycles. The fourth-order valence-electron chi connectivity index (χ4n) is 4.53. The predicted molar refractivity (Wildman–Crippen MR) is 115 cm³/mol. The van der Waals surface area contributed by atoms with Gasteiger partial charge in [0.2, 0.25) is 0 Å². The summed E-state index contributed by atoms with van der Waals surface area (Å²) in [6.07, 6.45) is 2.67. The van der Waals surface area contributed by atoms with Crippen LogP contribution in [0.1, 0.15) is 36.4 Å². The first-order valence-corrected chi connectivity index (χ1v) is 11.3. The van der Waals surface area contributed by atoms with E-state index in [1.807, 2.05) is 23.1 Å². The van der Waals surface area contributed by atoms with E-state index in [1.54, 1.807) is 12.1 Å². The molecule has 2 aliphatic heterocycles. The number of rotatable bonds is 4. The molecule has 29 heavy (non-hydrogen) atoms. The summed E-state index contributed by atoms with van der Waals surface area (Å²) in [4.78, 5) is 18.9. The average Bonchev–Trinajstić information content (AvgIpc) is 3.17. The Morgan fingerprint density at radius 1 is 1.10 bits per heavy atom. The van der Waals surface area contributed by atoms with Crippen molar-refractivity contribution in [3.8, 4) is 10.4 Å². The molecule has 0 saturated carbocycles. The summed E-state index contributed by atoms with van der Waals surface area (Å²) in [6.45, 7) is 8.96. The molecule has 0 spiro atoms. The van der Waals surface area contributed by atoms with Gasteiger partial charge in [0.25, 0.3) is 5.91 Å². The minimum absolute atomic E-state index is 0.0738. The SMILES string of the molecule is CC1CN(CC2CCN(C(=O)c3ccc(-c4ccccc4F)s3)CC2)CC(C)O1. The highest BCUT2D eigenvalue weighted by molar-refractivity contribution is 7.17. The molecule has 2 fully saturated rings. The number of carbonyl (C=O) groups excluding carboxylic acids is 1. The Morgan fingerprint density at radius 3 is 2.48 bits per heavy atom. The van der Waals surface area contributed by atoms with Crippen molar-refractivity contribution in [1.82, 2.24) is 9.80 Å². The molecule has 2 unspecified atom stereocenters. The Labute approximate surface area is 176 Å². The molecule has 6 heteroatoms. The number of hydrogen-bond acceptors (Lipinski definition) is 4. The molecule has 156 valence electrons. The Bertz CT molecular complexity index is 837. The highest BCUT2D eigenvalue weighted by Gasteiger charge is 2.28. The number of carbonyl (C=O) groups is 1. The summed E-state index contributed by atoms with van der Waals surface area (Å²) < 4.78 is 19.9. The summed E-state index contributed by atoms with van der Waals surface area (Å²) >= 11 is 1.38. The topological polar surface area (TPSA) is 32.8 Å². The van der Waals surface area contributed by atoms with Crippen LogP contribution >= 0.6 is 11.3 Å². The Kier molecular flexibility index (Phi) is 6.32. The van der Waals surface area contributed by atoms with E-state index in [2.05, 4.69) is 18.7 Å². The molecular formula is C23H29FN2O2S. The van der Waals surface area contributed by atoms with Crippen molar-refractivity contribution in [2.45, 2.75) is 38.9 Å². The fraction of sp³-hybridized carbons (Fsp3) is 0.522. The lowest BCUT2D eigenvalue weighted by molar-refractivity contribution is -0.0728. The molecule has 4 rings (SSSR count). The quantitative estimate of drug-likeness (QED) is 0.735. The minimum atomic E-state index is -0.249. The predicted octanol–water partition coefficient (Wildman–Crippen LogP) is 4.52. The Hall–Kier alpha value is -1.76. The number of ether oxygens (including phenoxy) is 1. The van der Waals surface area contributed by atoms with Gasteiger partial charge in [0.1, 0.15) is 5.82 Å². The van der Waals surface area contributed by atoms with E-state index in [-0.39, 0.29) is 11.7 Å². The Morgan fingerprint density at radius 2 is 1.79 bits per heavy atom. The standard InChI is InChI=1S/C23H29FN2O2S/c1-16-13-25(14-17(2)28-16)15-18-9-11-26(12-10-18)23(27)22-8-7-21(29-22)19-5-3-4-6-20(19)24/h3-8,16-18H,9-15H2,1-2H3. The molecule has 2 atom stereocenters. The van der Waals surface area contributed by atoms with E-state index in [0.717, 1.165) is 50.4 Å². The number of thiophene rings is 1. The van der Waals surface area contributed by atoms with Gasteiger partial charge in [-0.2, -0.15) is 0 Å². The van der Waals surface area contributed by atoms with Gasteiger partial charge in [0, 0.05) is 43.2 Å². The molecular weight excluding hydrogens is 387 g/mol. The lowest BCUT2D eigenvalue weighted by Crippen LogP contribution is -2.48. The molecule has 0 N–H and O–H groups in total. The molecule has 0 aliphatic carbocycles. The second-order valence-electron chi connectivity index (χ2n) is 8.36. The van der Waals surface area contributed by atoms with Gasteiger partial charge in [0.05, 0.1) is 17.1 Å². The van der Waals surface area contributed by atoms with Crippen LogP contribution in [0.2, 0.25) is 0 Å². The molecule has 2 aromatic rings. The van der Waals surface area contributed by atoms with Crippen LogP contribution in [-0.4, -0.2) is 60.6 Å². The number of halogens is 1. The first-order chi connectivity index (χ1) is 14.0. The van der Waals surface area contributed by atoms with Gasteiger partial charge in [0.15, 0.2) is 0 Å². The summed E-state index contributed by atoms with van der Waals surface area (Å²) in [5.74, 6) is 0.458. The molecule has 0 bridgehead atoms. The van der Waals surface area contributed by atoms with Gasteiger partial charge in [-0.3, -0.25) is 9.69 Å². The molecule has 1 aromatic heterocycles. The van der Waals surface area contributed by atoms with E-state index in [1.165, 1.54) is 17.4 Å². The van der Waals surface area contributed by atoms with Crippen LogP contribution in [-0.2, 0) is 4.74 Å². The van der Waals surface area contributed by atoms with Crippen LogP contribution < -0.4 is 0 Å². The van der Waals surface area contributed by atoms with Crippen molar-refractivity contribution < 1.29 is 13.9 Å². The van der Waals surface area contributed by atoms with E-state index in [4.69, 9.17) is 4.74 Å². The van der Waals surface area contributed by atoms with Gasteiger partial charge in [-0.15, -0.1) is 11.3 Å². The maximum atomic E-state index is 14.0. The highest BCUT2D eigenvalue weighted by Crippen LogP contribution is 2.31. The molecule has 2 aliphatic rings. The molecule has 0 radical (unpaired) electrons. The van der Waals surface area contributed by atoms with Gasteiger partial charge in [-0.1, -0.05) is 18.2 Å². The first-order valence-electron chi connectivity index (χ1n) is 10.5. The van der Waals surface area contributed by atoms with E-state index >= 15 is 0 Å². The van der Waals surface area contributed by atoms with Crippen LogP contribution in [0.4, 0.5) is 4.39 Å². The van der Waals surface area contributed by atoms with Gasteiger partial charge in [-0.05, 0) is 50.8 Å². The summed E-state index contributed by atoms with van der Waals surface area (Å²) in [7, 11) is 0. The van der Waals surface area contributed by atoms with E-state index < -0.39 is 0 Å². The van der Waals surface area contributed by atoms with Crippen molar-refractivity contribution in [3.63, 3.8) is 0 Å². The van der Waals surface area contributed by atoms with Crippen molar-refractivity contribution >= 4 is 17.2 Å². The minimum Gasteiger partial charge on any atom is -0.373 e. The van der Waals surface area contributed by atoms with Crippen molar-refractivity contribution in [3.05, 3.63) is 47.1 Å². The summed E-state index contributed by atoms with van der Waals surface area (Å²) in [6, 6.07) is 10.4. The second-order valence-corrected chi connectivity index (χ2v) is 9.44. The third kappa shape index (κ3) is 4.87. The summed E-state index contributed by atoms with van der Waals surface area (Å²) in [5, 5.41) is 0. The van der Waals surface area contributed by atoms with E-state index in [0.29, 0.717) is 28.6 Å². The lowest BCUT2D eigenvalue weighted by atomic mass is 9.95. The third-order valence-corrected chi connectivity index (χ3v) is 6.98. The third-order valence-electron chi connectivity index (χ3n) is 5.87. The zero-order valence-corrected chi connectivity index (χ0v) is 18.0. The van der Waals surface area contributed by atoms with Gasteiger partial charge < -0.3 is 9.64 Å². The van der Waals surface area contributed by atoms with Gasteiger partial charge in [-0.25, -0.2) is 4.39 Å². The first kappa shape index (κ1) is 20.5.